The fraction of sp³-hybridized carbons (Fsp3) is 0.133. The van der Waals surface area contributed by atoms with Crippen molar-refractivity contribution < 1.29 is 23.9 Å². The van der Waals surface area contributed by atoms with Crippen molar-refractivity contribution in [3.8, 4) is 11.1 Å². The van der Waals surface area contributed by atoms with E-state index in [-0.39, 0.29) is 19.1 Å². The molecule has 6 aromatic rings. The van der Waals surface area contributed by atoms with Crippen molar-refractivity contribution in [1.29, 1.82) is 0 Å². The largest absolute Gasteiger partial charge is 0.459 e. The SMILES string of the molecule is O=C(C[C@H](NC(=O)OCC1c2ccccc2-c2ccccc21)C(=O)OCc1ccccc1)NC(c1ccccc1)(c1ccccc1)c1ccccc1. The topological polar surface area (TPSA) is 93.7 Å². The van der Waals surface area contributed by atoms with Crippen molar-refractivity contribution in [1.82, 2.24) is 10.6 Å². The summed E-state index contributed by atoms with van der Waals surface area (Å²) in [6.07, 6.45) is -1.22. The number of esters is 1. The number of rotatable bonds is 12. The van der Waals surface area contributed by atoms with Crippen molar-refractivity contribution in [2.45, 2.75) is 30.5 Å². The zero-order valence-electron chi connectivity index (χ0n) is 28.5. The van der Waals surface area contributed by atoms with E-state index in [1.807, 2.05) is 158 Å². The molecule has 52 heavy (non-hydrogen) atoms. The molecule has 1 atom stereocenters. The van der Waals surface area contributed by atoms with Gasteiger partial charge in [0.05, 0.1) is 6.42 Å². The van der Waals surface area contributed by atoms with Gasteiger partial charge in [-0.15, -0.1) is 0 Å². The molecule has 0 radical (unpaired) electrons. The standard InChI is InChI=1S/C45H38N2O5/c48-42(47-45(33-19-7-2-8-20-33,34-21-9-3-10-22-34)35-23-11-4-12-24-35)29-41(43(49)51-30-32-17-5-1-6-18-32)46-44(50)52-31-40-38-27-15-13-25-36(38)37-26-14-16-28-39(37)40/h1-28,40-41H,29-31H2,(H,46,50)(H,47,48)/t41-/m0/s1. The fourth-order valence-corrected chi connectivity index (χ4v) is 7.03. The van der Waals surface area contributed by atoms with Crippen LogP contribution in [0.3, 0.4) is 0 Å². The first-order valence-electron chi connectivity index (χ1n) is 17.3. The van der Waals surface area contributed by atoms with Crippen LogP contribution in [0.15, 0.2) is 170 Å². The summed E-state index contributed by atoms with van der Waals surface area (Å²) in [5.74, 6) is -1.40. The van der Waals surface area contributed by atoms with Crippen LogP contribution in [0.25, 0.3) is 11.1 Å². The lowest BCUT2D eigenvalue weighted by atomic mass is 9.77. The lowest BCUT2D eigenvalue weighted by Gasteiger charge is -2.37. The van der Waals surface area contributed by atoms with E-state index in [1.54, 1.807) is 0 Å². The summed E-state index contributed by atoms with van der Waals surface area (Å²) in [6, 6.07) is 53.1. The Labute approximate surface area is 303 Å². The number of hydrogen-bond donors (Lipinski definition) is 2. The van der Waals surface area contributed by atoms with E-state index in [2.05, 4.69) is 22.8 Å². The highest BCUT2D eigenvalue weighted by Gasteiger charge is 2.39. The minimum absolute atomic E-state index is 0.0217. The molecule has 0 heterocycles. The molecule has 1 aliphatic rings. The number of alkyl carbamates (subject to hydrolysis) is 1. The van der Waals surface area contributed by atoms with E-state index in [1.165, 1.54) is 0 Å². The molecular weight excluding hydrogens is 649 g/mol. The maximum Gasteiger partial charge on any atom is 0.407 e. The number of carbonyl (C=O) groups excluding carboxylic acids is 3. The lowest BCUT2D eigenvalue weighted by molar-refractivity contribution is -0.149. The number of carbonyl (C=O) groups is 3. The van der Waals surface area contributed by atoms with Gasteiger partial charge in [-0.05, 0) is 44.5 Å². The van der Waals surface area contributed by atoms with Crippen molar-refractivity contribution in [2.24, 2.45) is 0 Å². The summed E-state index contributed by atoms with van der Waals surface area (Å²) >= 11 is 0. The molecule has 0 saturated carbocycles. The summed E-state index contributed by atoms with van der Waals surface area (Å²) in [4.78, 5) is 41.4. The molecule has 6 aromatic carbocycles. The first-order valence-corrected chi connectivity index (χ1v) is 17.3. The quantitative estimate of drug-likeness (QED) is 0.100. The first kappa shape index (κ1) is 34.0. The van der Waals surface area contributed by atoms with Crippen LogP contribution in [0.4, 0.5) is 4.79 Å². The maximum absolute atomic E-state index is 14.3. The Morgan fingerprint density at radius 1 is 0.558 bits per heavy atom. The molecule has 0 unspecified atom stereocenters. The molecule has 0 spiro atoms. The van der Waals surface area contributed by atoms with Gasteiger partial charge in [-0.25, -0.2) is 9.59 Å². The molecule has 0 bridgehead atoms. The second-order valence-corrected chi connectivity index (χ2v) is 12.7. The number of amides is 2. The second-order valence-electron chi connectivity index (χ2n) is 12.7. The predicted molar refractivity (Wildman–Crippen MR) is 200 cm³/mol. The Bertz CT molecular complexity index is 2000. The maximum atomic E-state index is 14.3. The van der Waals surface area contributed by atoms with Crippen molar-refractivity contribution in [3.05, 3.63) is 203 Å². The molecule has 7 nitrogen and oxygen atoms in total. The summed E-state index contributed by atoms with van der Waals surface area (Å²) in [7, 11) is 0. The van der Waals surface area contributed by atoms with Gasteiger partial charge in [0.2, 0.25) is 5.91 Å². The Balaban J connectivity index is 1.14. The molecule has 0 aliphatic heterocycles. The Morgan fingerprint density at radius 2 is 1.00 bits per heavy atom. The van der Waals surface area contributed by atoms with E-state index in [0.717, 1.165) is 44.5 Å². The predicted octanol–water partition coefficient (Wildman–Crippen LogP) is 8.14. The third-order valence-electron chi connectivity index (χ3n) is 9.48. The van der Waals surface area contributed by atoms with Crippen LogP contribution < -0.4 is 10.6 Å². The molecule has 0 aromatic heterocycles. The van der Waals surface area contributed by atoms with Crippen LogP contribution in [0.2, 0.25) is 0 Å². The Kier molecular flexibility index (Phi) is 10.2. The second kappa shape index (κ2) is 15.6. The molecule has 7 heteroatoms. The van der Waals surface area contributed by atoms with Crippen LogP contribution in [0, 0.1) is 0 Å². The summed E-state index contributed by atoms with van der Waals surface area (Å²) in [5, 5.41) is 5.94. The summed E-state index contributed by atoms with van der Waals surface area (Å²) in [5.41, 5.74) is 6.48. The van der Waals surface area contributed by atoms with Crippen molar-refractivity contribution in [3.63, 3.8) is 0 Å². The van der Waals surface area contributed by atoms with Crippen LogP contribution in [0.1, 0.15) is 45.7 Å². The number of nitrogens with one attached hydrogen (secondary N) is 2. The van der Waals surface area contributed by atoms with Gasteiger partial charge in [0.15, 0.2) is 0 Å². The average molecular weight is 687 g/mol. The highest BCUT2D eigenvalue weighted by atomic mass is 16.6. The van der Waals surface area contributed by atoms with E-state index in [9.17, 15) is 14.4 Å². The molecule has 1 aliphatic carbocycles. The third-order valence-corrected chi connectivity index (χ3v) is 9.48. The summed E-state index contributed by atoms with van der Waals surface area (Å²) in [6.45, 7) is 0.0309. The number of benzene rings is 6. The fourth-order valence-electron chi connectivity index (χ4n) is 7.03. The van der Waals surface area contributed by atoms with Gasteiger partial charge in [0.1, 0.15) is 24.8 Å². The van der Waals surface area contributed by atoms with Gasteiger partial charge in [-0.1, -0.05) is 170 Å². The van der Waals surface area contributed by atoms with Crippen LogP contribution in [-0.2, 0) is 31.2 Å². The molecule has 0 saturated heterocycles. The van der Waals surface area contributed by atoms with Crippen LogP contribution in [-0.4, -0.2) is 30.6 Å². The number of ether oxygens (including phenoxy) is 2. The van der Waals surface area contributed by atoms with E-state index >= 15 is 0 Å². The normalized spacial score (nSPS) is 12.5. The monoisotopic (exact) mass is 686 g/mol. The molecule has 258 valence electrons. The van der Waals surface area contributed by atoms with Gasteiger partial charge in [0, 0.05) is 5.92 Å². The molecular formula is C45H38N2O5. The molecule has 7 rings (SSSR count). The Morgan fingerprint density at radius 3 is 1.50 bits per heavy atom. The van der Waals surface area contributed by atoms with Gasteiger partial charge < -0.3 is 20.1 Å². The van der Waals surface area contributed by atoms with E-state index in [0.29, 0.717) is 0 Å². The van der Waals surface area contributed by atoms with Gasteiger partial charge in [0.25, 0.3) is 0 Å². The smallest absolute Gasteiger partial charge is 0.407 e. The number of fused-ring (bicyclic) bond motifs is 3. The minimum atomic E-state index is -1.33. The molecule has 2 amide bonds. The van der Waals surface area contributed by atoms with Crippen LogP contribution in [0.5, 0.6) is 0 Å². The highest BCUT2D eigenvalue weighted by Crippen LogP contribution is 2.44. The molecule has 2 N–H and O–H groups in total. The van der Waals surface area contributed by atoms with E-state index in [4.69, 9.17) is 9.47 Å². The summed E-state index contributed by atoms with van der Waals surface area (Å²) < 4.78 is 11.4. The number of hydrogen-bond acceptors (Lipinski definition) is 5. The van der Waals surface area contributed by atoms with Gasteiger partial charge in [-0.3, -0.25) is 4.79 Å². The Hall–Kier alpha value is -6.47. The zero-order chi connectivity index (χ0) is 35.8. The molecule has 0 fully saturated rings. The van der Waals surface area contributed by atoms with Gasteiger partial charge >= 0.3 is 12.1 Å². The average Bonchev–Trinajstić information content (AvgIpc) is 3.52. The van der Waals surface area contributed by atoms with Crippen molar-refractivity contribution in [2.75, 3.05) is 6.61 Å². The zero-order valence-corrected chi connectivity index (χ0v) is 28.5. The van der Waals surface area contributed by atoms with E-state index < -0.39 is 36.0 Å². The van der Waals surface area contributed by atoms with Gasteiger partial charge in [-0.2, -0.15) is 0 Å². The van der Waals surface area contributed by atoms with Crippen LogP contribution >= 0.6 is 0 Å². The first-order chi connectivity index (χ1) is 25.5. The lowest BCUT2D eigenvalue weighted by Crippen LogP contribution is -2.51. The minimum Gasteiger partial charge on any atom is -0.459 e. The third kappa shape index (κ3) is 7.21. The highest BCUT2D eigenvalue weighted by molar-refractivity contribution is 5.89. The van der Waals surface area contributed by atoms with Crippen molar-refractivity contribution >= 4 is 18.0 Å².